The van der Waals surface area contributed by atoms with Crippen molar-refractivity contribution in [2.24, 2.45) is 0 Å². The van der Waals surface area contributed by atoms with E-state index in [0.717, 1.165) is 5.56 Å². The van der Waals surface area contributed by atoms with E-state index < -0.39 is 12.1 Å². The Morgan fingerprint density at radius 2 is 1.79 bits per heavy atom. The molecule has 1 aliphatic rings. The highest BCUT2D eigenvalue weighted by molar-refractivity contribution is 5.80. The summed E-state index contributed by atoms with van der Waals surface area (Å²) in [5.74, 6) is -0.517. The molecule has 0 radical (unpaired) electrons. The molecule has 6 heteroatoms. The molecule has 2 atom stereocenters. The van der Waals surface area contributed by atoms with E-state index in [9.17, 15) is 9.18 Å². The number of amides is 1. The van der Waals surface area contributed by atoms with Gasteiger partial charge in [-0.3, -0.25) is 4.79 Å². The predicted octanol–water partition coefficient (Wildman–Crippen LogP) is 2.14. The van der Waals surface area contributed by atoms with Crippen LogP contribution in [0.25, 0.3) is 0 Å². The first-order chi connectivity index (χ1) is 11.4. The average Bonchev–Trinajstić information content (AvgIpc) is 2.98. The molecular weight excluding hydrogens is 307 g/mol. The van der Waals surface area contributed by atoms with Crippen molar-refractivity contribution in [3.8, 4) is 12.1 Å². The molecule has 1 N–H and O–H groups in total. The second kappa shape index (κ2) is 7.42. The van der Waals surface area contributed by atoms with Gasteiger partial charge in [-0.25, -0.2) is 4.39 Å². The highest BCUT2D eigenvalue weighted by atomic mass is 19.1. The first-order valence-electron chi connectivity index (χ1n) is 7.96. The van der Waals surface area contributed by atoms with Crippen LogP contribution >= 0.6 is 0 Å². The smallest absolute Gasteiger partial charge is 0.238 e. The number of benzene rings is 1. The van der Waals surface area contributed by atoms with Crippen LogP contribution in [0.1, 0.15) is 32.3 Å². The van der Waals surface area contributed by atoms with Crippen LogP contribution in [0.5, 0.6) is 0 Å². The molecule has 24 heavy (non-hydrogen) atoms. The summed E-state index contributed by atoms with van der Waals surface area (Å²) >= 11 is 0. The maximum atomic E-state index is 13.0. The van der Waals surface area contributed by atoms with Gasteiger partial charge in [0.15, 0.2) is 0 Å². The lowest BCUT2D eigenvalue weighted by Crippen LogP contribution is -2.50. The Hall–Kier alpha value is -2.44. The van der Waals surface area contributed by atoms with Crippen LogP contribution in [0.15, 0.2) is 24.3 Å². The van der Waals surface area contributed by atoms with E-state index in [1.165, 1.54) is 17.0 Å². The number of hydrogen-bond donors (Lipinski definition) is 1. The lowest BCUT2D eigenvalue weighted by molar-refractivity contribution is -0.131. The van der Waals surface area contributed by atoms with Crippen molar-refractivity contribution in [3.05, 3.63) is 35.6 Å². The lowest BCUT2D eigenvalue weighted by Gasteiger charge is -2.29. The van der Waals surface area contributed by atoms with Gasteiger partial charge < -0.3 is 10.2 Å². The molecule has 2 rings (SSSR count). The minimum absolute atomic E-state index is 0.0601. The van der Waals surface area contributed by atoms with E-state index in [2.05, 4.69) is 17.5 Å². The van der Waals surface area contributed by atoms with E-state index in [4.69, 9.17) is 10.5 Å². The third-order valence-electron chi connectivity index (χ3n) is 4.25. The average molecular weight is 328 g/mol. The first kappa shape index (κ1) is 17.9. The topological polar surface area (TPSA) is 79.9 Å². The fraction of sp³-hybridized carbons (Fsp3) is 0.500. The highest BCUT2D eigenvalue weighted by Gasteiger charge is 2.37. The van der Waals surface area contributed by atoms with Crippen molar-refractivity contribution in [1.82, 2.24) is 10.2 Å². The van der Waals surface area contributed by atoms with Crippen LogP contribution in [0, 0.1) is 28.5 Å². The van der Waals surface area contributed by atoms with Gasteiger partial charge in [-0.05, 0) is 50.8 Å². The van der Waals surface area contributed by atoms with E-state index in [-0.39, 0.29) is 23.8 Å². The number of nitriles is 2. The van der Waals surface area contributed by atoms with Gasteiger partial charge in [0, 0.05) is 5.54 Å². The van der Waals surface area contributed by atoms with Crippen molar-refractivity contribution in [1.29, 1.82) is 10.5 Å². The summed E-state index contributed by atoms with van der Waals surface area (Å²) in [5, 5.41) is 21.5. The quantitative estimate of drug-likeness (QED) is 0.898. The van der Waals surface area contributed by atoms with E-state index in [0.29, 0.717) is 19.3 Å². The van der Waals surface area contributed by atoms with Crippen LogP contribution in [0.2, 0.25) is 0 Å². The number of hydrogen-bond acceptors (Lipinski definition) is 4. The van der Waals surface area contributed by atoms with Crippen LogP contribution in [-0.2, 0) is 11.2 Å². The molecule has 1 aliphatic heterocycles. The Balaban J connectivity index is 1.95. The van der Waals surface area contributed by atoms with Gasteiger partial charge >= 0.3 is 0 Å². The van der Waals surface area contributed by atoms with Gasteiger partial charge in [-0.15, -0.1) is 0 Å². The summed E-state index contributed by atoms with van der Waals surface area (Å²) in [7, 11) is 0. The summed E-state index contributed by atoms with van der Waals surface area (Å²) in [4.78, 5) is 13.8. The number of carbonyl (C=O) groups is 1. The molecule has 1 aromatic rings. The van der Waals surface area contributed by atoms with Gasteiger partial charge in [0.1, 0.15) is 17.9 Å². The van der Waals surface area contributed by atoms with Crippen molar-refractivity contribution >= 4 is 5.91 Å². The van der Waals surface area contributed by atoms with Crippen LogP contribution in [-0.4, -0.2) is 35.0 Å². The predicted molar refractivity (Wildman–Crippen MR) is 87.1 cm³/mol. The lowest BCUT2D eigenvalue weighted by atomic mass is 9.95. The maximum Gasteiger partial charge on any atom is 0.238 e. The Kier molecular flexibility index (Phi) is 5.54. The second-order valence-corrected chi connectivity index (χ2v) is 6.71. The molecule has 0 aromatic heterocycles. The molecule has 0 saturated carbocycles. The number of nitrogens with one attached hydrogen (secondary N) is 1. The molecule has 5 nitrogen and oxygen atoms in total. The molecular formula is C18H21FN4O. The van der Waals surface area contributed by atoms with Gasteiger partial charge in [0.05, 0.1) is 18.7 Å². The second-order valence-electron chi connectivity index (χ2n) is 6.71. The van der Waals surface area contributed by atoms with E-state index >= 15 is 0 Å². The third-order valence-corrected chi connectivity index (χ3v) is 4.25. The minimum Gasteiger partial charge on any atom is -0.310 e. The summed E-state index contributed by atoms with van der Waals surface area (Å²) < 4.78 is 13.0. The van der Waals surface area contributed by atoms with Crippen LogP contribution in [0.4, 0.5) is 4.39 Å². The molecule has 1 aromatic carbocycles. The maximum absolute atomic E-state index is 13.0. The van der Waals surface area contributed by atoms with Gasteiger partial charge in [0.2, 0.25) is 5.91 Å². The van der Waals surface area contributed by atoms with Crippen molar-refractivity contribution in [3.63, 3.8) is 0 Å². The largest absolute Gasteiger partial charge is 0.310 e. The fourth-order valence-corrected chi connectivity index (χ4v) is 2.99. The Bertz CT molecular complexity index is 650. The van der Waals surface area contributed by atoms with Crippen LogP contribution in [0.3, 0.4) is 0 Å². The Labute approximate surface area is 141 Å². The number of likely N-dealkylation sites (tertiary alicyclic amines) is 1. The fourth-order valence-electron chi connectivity index (χ4n) is 2.99. The zero-order chi connectivity index (χ0) is 17.7. The van der Waals surface area contributed by atoms with E-state index in [1.54, 1.807) is 12.1 Å². The summed E-state index contributed by atoms with van der Waals surface area (Å²) in [6.07, 6.45) is 1.71. The normalized spacial score (nSPS) is 20.5. The van der Waals surface area contributed by atoms with Gasteiger partial charge in [-0.1, -0.05) is 12.1 Å². The summed E-state index contributed by atoms with van der Waals surface area (Å²) in [6, 6.07) is 9.40. The third kappa shape index (κ3) is 4.31. The molecule has 1 heterocycles. The van der Waals surface area contributed by atoms with Crippen LogP contribution < -0.4 is 5.32 Å². The molecule has 0 spiro atoms. The van der Waals surface area contributed by atoms with Crippen molar-refractivity contribution in [2.45, 2.75) is 50.7 Å². The van der Waals surface area contributed by atoms with Crippen molar-refractivity contribution in [2.75, 3.05) is 6.54 Å². The van der Waals surface area contributed by atoms with Crippen molar-refractivity contribution < 1.29 is 9.18 Å². The van der Waals surface area contributed by atoms with Gasteiger partial charge in [0.25, 0.3) is 0 Å². The zero-order valence-corrected chi connectivity index (χ0v) is 13.9. The van der Waals surface area contributed by atoms with Gasteiger partial charge in [-0.2, -0.15) is 10.5 Å². The number of carbonyl (C=O) groups excluding carboxylic acids is 1. The molecule has 0 unspecified atom stereocenters. The number of rotatable bonds is 5. The Morgan fingerprint density at radius 1 is 1.25 bits per heavy atom. The zero-order valence-electron chi connectivity index (χ0n) is 13.9. The summed E-state index contributed by atoms with van der Waals surface area (Å²) in [6.45, 7) is 3.97. The SMILES string of the molecule is CC(C)(Cc1ccc(F)cc1)NCC(=O)N1[C@H](C#N)CC[C@@H]1C#N. The molecule has 1 saturated heterocycles. The minimum atomic E-state index is -0.524. The number of nitrogens with zero attached hydrogens (tertiary/aromatic N) is 3. The Morgan fingerprint density at radius 3 is 2.29 bits per heavy atom. The highest BCUT2D eigenvalue weighted by Crippen LogP contribution is 2.23. The number of halogens is 1. The molecule has 1 amide bonds. The first-order valence-corrected chi connectivity index (χ1v) is 7.96. The molecule has 0 aliphatic carbocycles. The monoisotopic (exact) mass is 328 g/mol. The molecule has 1 fully saturated rings. The molecule has 0 bridgehead atoms. The van der Waals surface area contributed by atoms with E-state index in [1.807, 2.05) is 13.8 Å². The standard InChI is InChI=1S/C18H21FN4O/c1-18(2,9-13-3-5-14(19)6-4-13)22-12-17(24)23-15(10-20)7-8-16(23)11-21/h3-6,15-16,22H,7-9,12H2,1-2H3/t15-,16+. The summed E-state index contributed by atoms with van der Waals surface area (Å²) in [5.41, 5.74) is 0.588. The molecule has 126 valence electrons.